The van der Waals surface area contributed by atoms with Gasteiger partial charge in [-0.1, -0.05) is 136 Å². The summed E-state index contributed by atoms with van der Waals surface area (Å²) in [4.78, 5) is 13.0. The quantitative estimate of drug-likeness (QED) is 0.0462. The molecule has 0 aromatic rings. The van der Waals surface area contributed by atoms with Gasteiger partial charge in [-0.15, -0.1) is 0 Å². The molecule has 0 bridgehead atoms. The maximum atomic E-state index is 13.0. The van der Waals surface area contributed by atoms with Crippen LogP contribution in [-0.4, -0.2) is 140 Å². The molecule has 1 amide bonds. The summed E-state index contributed by atoms with van der Waals surface area (Å²) in [7, 11) is 0. The van der Waals surface area contributed by atoms with Crippen LogP contribution in [0.2, 0.25) is 0 Å². The summed E-state index contributed by atoms with van der Waals surface area (Å²) in [6, 6.07) is -0.817. The lowest BCUT2D eigenvalue weighted by Crippen LogP contribution is -2.65. The van der Waals surface area contributed by atoms with Gasteiger partial charge in [0.15, 0.2) is 12.6 Å². The van der Waals surface area contributed by atoms with Gasteiger partial charge in [-0.2, -0.15) is 0 Å². The number of carbonyl (C=O) groups excluding carboxylic acids is 1. The van der Waals surface area contributed by atoms with Gasteiger partial charge >= 0.3 is 0 Å². The van der Waals surface area contributed by atoms with Gasteiger partial charge in [0.05, 0.1) is 32.0 Å². The molecular weight excluding hydrogens is 702 g/mol. The van der Waals surface area contributed by atoms with Crippen molar-refractivity contribution in [3.8, 4) is 0 Å². The number of hydrogen-bond acceptors (Lipinski definition) is 13. The zero-order valence-electron chi connectivity index (χ0n) is 33.2. The third-order valence-electron chi connectivity index (χ3n) is 10.8. The highest BCUT2D eigenvalue weighted by molar-refractivity contribution is 5.76. The molecule has 2 fully saturated rings. The van der Waals surface area contributed by atoms with E-state index in [1.165, 1.54) is 77.0 Å². The van der Waals surface area contributed by atoms with Crippen molar-refractivity contribution in [3.63, 3.8) is 0 Å². The highest BCUT2D eigenvalue weighted by atomic mass is 16.7. The summed E-state index contributed by atoms with van der Waals surface area (Å²) in [5.41, 5.74) is 0. The molecule has 54 heavy (non-hydrogen) atoms. The molecule has 0 aromatic heterocycles. The minimum Gasteiger partial charge on any atom is -0.394 e. The van der Waals surface area contributed by atoms with Crippen molar-refractivity contribution in [2.75, 3.05) is 19.8 Å². The molecule has 0 spiro atoms. The van der Waals surface area contributed by atoms with Crippen LogP contribution in [0.3, 0.4) is 0 Å². The molecule has 14 heteroatoms. The van der Waals surface area contributed by atoms with Crippen LogP contribution in [0.1, 0.15) is 155 Å². The Hall–Kier alpha value is -1.01. The Morgan fingerprint density at radius 2 is 1.06 bits per heavy atom. The standard InChI is InChI=1S/C40H77NO13/c1-3-5-7-9-11-12-13-14-15-16-18-20-22-24-32(45)41-28(29(44)23-21-19-17-10-8-6-4-2)27-51-39-37(50)35(48)38(31(26-43)53-39)54-40-36(49)34(47)33(46)30(25-42)52-40/h28-31,33-40,42-44,46-50H,3-27H2,1-2H3,(H,41,45). The van der Waals surface area contributed by atoms with E-state index in [2.05, 4.69) is 19.2 Å². The van der Waals surface area contributed by atoms with Gasteiger partial charge in [0.1, 0.15) is 48.8 Å². The second kappa shape index (κ2) is 29.2. The Bertz CT molecular complexity index is 930. The zero-order chi connectivity index (χ0) is 39.7. The molecule has 0 saturated carbocycles. The molecule has 2 aliphatic heterocycles. The van der Waals surface area contributed by atoms with Gasteiger partial charge < -0.3 is 65.1 Å². The number of amides is 1. The molecule has 0 radical (unpaired) electrons. The van der Waals surface area contributed by atoms with E-state index in [4.69, 9.17) is 18.9 Å². The van der Waals surface area contributed by atoms with Gasteiger partial charge in [-0.3, -0.25) is 4.79 Å². The highest BCUT2D eigenvalue weighted by Crippen LogP contribution is 2.30. The Morgan fingerprint density at radius 1 is 0.593 bits per heavy atom. The first kappa shape index (κ1) is 49.1. The topological polar surface area (TPSA) is 228 Å². The molecule has 0 aliphatic carbocycles. The lowest BCUT2D eigenvalue weighted by atomic mass is 9.97. The lowest BCUT2D eigenvalue weighted by molar-refractivity contribution is -0.359. The molecule has 14 nitrogen and oxygen atoms in total. The fourth-order valence-corrected chi connectivity index (χ4v) is 7.23. The van der Waals surface area contributed by atoms with E-state index in [0.717, 1.165) is 51.4 Å². The van der Waals surface area contributed by atoms with Gasteiger partial charge in [0.25, 0.3) is 0 Å². The predicted molar refractivity (Wildman–Crippen MR) is 203 cm³/mol. The third kappa shape index (κ3) is 18.1. The van der Waals surface area contributed by atoms with Gasteiger partial charge in [-0.25, -0.2) is 0 Å². The van der Waals surface area contributed by atoms with E-state index < -0.39 is 86.8 Å². The van der Waals surface area contributed by atoms with Crippen molar-refractivity contribution in [2.24, 2.45) is 0 Å². The van der Waals surface area contributed by atoms with E-state index in [0.29, 0.717) is 12.8 Å². The second-order valence-electron chi connectivity index (χ2n) is 15.5. The number of aliphatic hydroxyl groups is 8. The normalized spacial score (nSPS) is 30.0. The first-order valence-corrected chi connectivity index (χ1v) is 21.3. The van der Waals surface area contributed by atoms with Gasteiger partial charge in [-0.05, 0) is 12.8 Å². The second-order valence-corrected chi connectivity index (χ2v) is 15.5. The summed E-state index contributed by atoms with van der Waals surface area (Å²) in [6.07, 6.45) is 7.17. The lowest BCUT2D eigenvalue weighted by Gasteiger charge is -2.46. The SMILES string of the molecule is CCCCCCCCCCCCCCCC(=O)NC(COC1OC(CO)C(OC2OC(CO)C(O)C(O)C2O)C(O)C1O)C(O)CCCCCCCCC. The average molecular weight is 780 g/mol. The summed E-state index contributed by atoms with van der Waals surface area (Å²) in [5, 5.41) is 86.2. The van der Waals surface area contributed by atoms with Crippen LogP contribution in [0, 0.1) is 0 Å². The van der Waals surface area contributed by atoms with E-state index >= 15 is 0 Å². The summed E-state index contributed by atoms with van der Waals surface area (Å²) in [6.45, 7) is 2.77. The minimum absolute atomic E-state index is 0.211. The number of unbranched alkanes of at least 4 members (excludes halogenated alkanes) is 18. The van der Waals surface area contributed by atoms with Crippen LogP contribution in [0.15, 0.2) is 0 Å². The number of carbonyl (C=O) groups is 1. The van der Waals surface area contributed by atoms with Crippen molar-refractivity contribution in [1.82, 2.24) is 5.32 Å². The Labute approximate surface area is 323 Å². The zero-order valence-corrected chi connectivity index (χ0v) is 33.2. The molecule has 2 saturated heterocycles. The number of hydrogen-bond donors (Lipinski definition) is 9. The van der Waals surface area contributed by atoms with E-state index in [9.17, 15) is 45.6 Å². The van der Waals surface area contributed by atoms with Crippen molar-refractivity contribution >= 4 is 5.91 Å². The Kier molecular flexibility index (Phi) is 26.6. The number of aliphatic hydroxyl groups excluding tert-OH is 8. The van der Waals surface area contributed by atoms with Crippen molar-refractivity contribution < 1.29 is 64.6 Å². The van der Waals surface area contributed by atoms with E-state index in [1.54, 1.807) is 0 Å². The van der Waals surface area contributed by atoms with Crippen LogP contribution in [-0.2, 0) is 23.7 Å². The summed E-state index contributed by atoms with van der Waals surface area (Å²) >= 11 is 0. The third-order valence-corrected chi connectivity index (χ3v) is 10.8. The maximum absolute atomic E-state index is 13.0. The molecule has 2 aliphatic rings. The van der Waals surface area contributed by atoms with Crippen LogP contribution in [0.4, 0.5) is 0 Å². The van der Waals surface area contributed by atoms with Gasteiger partial charge in [0.2, 0.25) is 5.91 Å². The van der Waals surface area contributed by atoms with Crippen molar-refractivity contribution in [3.05, 3.63) is 0 Å². The van der Waals surface area contributed by atoms with Crippen LogP contribution in [0.25, 0.3) is 0 Å². The Balaban J connectivity index is 1.88. The fourth-order valence-electron chi connectivity index (χ4n) is 7.23. The number of ether oxygens (including phenoxy) is 4. The summed E-state index contributed by atoms with van der Waals surface area (Å²) in [5.74, 6) is -0.211. The first-order valence-electron chi connectivity index (χ1n) is 21.3. The molecule has 12 unspecified atom stereocenters. The minimum atomic E-state index is -1.78. The fraction of sp³-hybridized carbons (Fsp3) is 0.975. The van der Waals surface area contributed by atoms with Gasteiger partial charge in [0, 0.05) is 6.42 Å². The molecule has 320 valence electrons. The molecule has 2 rings (SSSR count). The number of rotatable bonds is 31. The molecule has 12 atom stereocenters. The Morgan fingerprint density at radius 3 is 1.57 bits per heavy atom. The molecule has 0 aromatic carbocycles. The van der Waals surface area contributed by atoms with Crippen LogP contribution >= 0.6 is 0 Å². The molecule has 2 heterocycles. The van der Waals surface area contributed by atoms with E-state index in [1.807, 2.05) is 0 Å². The maximum Gasteiger partial charge on any atom is 0.220 e. The highest BCUT2D eigenvalue weighted by Gasteiger charge is 2.50. The largest absolute Gasteiger partial charge is 0.394 e. The molecule has 9 N–H and O–H groups in total. The van der Waals surface area contributed by atoms with Crippen molar-refractivity contribution in [2.45, 2.75) is 229 Å². The van der Waals surface area contributed by atoms with Crippen molar-refractivity contribution in [1.29, 1.82) is 0 Å². The van der Waals surface area contributed by atoms with Crippen LogP contribution < -0.4 is 5.32 Å². The monoisotopic (exact) mass is 780 g/mol. The predicted octanol–water partition coefficient (Wildman–Crippen LogP) is 3.09. The summed E-state index contributed by atoms with van der Waals surface area (Å²) < 4.78 is 22.6. The molecular formula is C40H77NO13. The smallest absolute Gasteiger partial charge is 0.220 e. The average Bonchev–Trinajstić information content (AvgIpc) is 3.17. The van der Waals surface area contributed by atoms with Crippen LogP contribution in [0.5, 0.6) is 0 Å². The number of nitrogens with one attached hydrogen (secondary N) is 1. The first-order chi connectivity index (χ1) is 26.1. The van der Waals surface area contributed by atoms with E-state index in [-0.39, 0.29) is 12.5 Å².